The number of quaternary nitrogens is 1. The maximum atomic E-state index is 10.5. The molecule has 0 bridgehead atoms. The van der Waals surface area contributed by atoms with E-state index in [1.54, 1.807) is 0 Å². The van der Waals surface area contributed by atoms with Gasteiger partial charge in [-0.25, -0.2) is 0 Å². The second kappa shape index (κ2) is 6.17. The normalized spacial score (nSPS) is 11.5. The summed E-state index contributed by atoms with van der Waals surface area (Å²) in [5, 5.41) is 8.62. The Kier molecular flexibility index (Phi) is 5.15. The number of halogens is 1. The molecule has 0 aliphatic rings. The van der Waals surface area contributed by atoms with Gasteiger partial charge in [-0.15, -0.1) is 0 Å². The molecule has 4 heteroatoms. The fourth-order valence-corrected chi connectivity index (χ4v) is 2.09. The monoisotopic (exact) mass is 300 g/mol. The average Bonchev–Trinajstić information content (AvgIpc) is 2.20. The van der Waals surface area contributed by atoms with Crippen LogP contribution in [0.5, 0.6) is 0 Å². The van der Waals surface area contributed by atoms with Crippen LogP contribution in [0.15, 0.2) is 28.7 Å². The molecule has 0 fully saturated rings. The number of rotatable bonds is 6. The number of benzene rings is 1. The first-order valence-electron chi connectivity index (χ1n) is 5.67. The molecule has 0 atom stereocenters. The van der Waals surface area contributed by atoms with Gasteiger partial charge in [0.05, 0.1) is 27.1 Å². The minimum atomic E-state index is -0.714. The SMILES string of the molecule is C[N+](C)(CCCC(=O)O)Cc1ccc(Br)cc1. The third kappa shape index (κ3) is 5.84. The van der Waals surface area contributed by atoms with E-state index in [2.05, 4.69) is 42.2 Å². The van der Waals surface area contributed by atoms with Gasteiger partial charge in [0.25, 0.3) is 0 Å². The second-order valence-electron chi connectivity index (χ2n) is 4.94. The van der Waals surface area contributed by atoms with Crippen molar-refractivity contribution in [3.05, 3.63) is 34.3 Å². The minimum absolute atomic E-state index is 0.252. The first-order valence-corrected chi connectivity index (χ1v) is 6.47. The van der Waals surface area contributed by atoms with E-state index in [1.807, 2.05) is 12.1 Å². The molecule has 17 heavy (non-hydrogen) atoms. The maximum Gasteiger partial charge on any atom is 0.303 e. The van der Waals surface area contributed by atoms with E-state index in [1.165, 1.54) is 5.56 Å². The van der Waals surface area contributed by atoms with Crippen LogP contribution in [-0.4, -0.2) is 36.2 Å². The van der Waals surface area contributed by atoms with E-state index < -0.39 is 5.97 Å². The molecule has 0 saturated carbocycles. The van der Waals surface area contributed by atoms with Crippen molar-refractivity contribution in [1.82, 2.24) is 0 Å². The molecule has 0 saturated heterocycles. The second-order valence-corrected chi connectivity index (χ2v) is 5.86. The van der Waals surface area contributed by atoms with Crippen LogP contribution in [0.1, 0.15) is 18.4 Å². The van der Waals surface area contributed by atoms with Gasteiger partial charge in [0.1, 0.15) is 6.54 Å². The lowest BCUT2D eigenvalue weighted by Crippen LogP contribution is -2.39. The lowest BCUT2D eigenvalue weighted by molar-refractivity contribution is -0.903. The largest absolute Gasteiger partial charge is 0.481 e. The molecular weight excluding hydrogens is 282 g/mol. The molecule has 0 amide bonds. The van der Waals surface area contributed by atoms with Gasteiger partial charge in [0.15, 0.2) is 0 Å². The smallest absolute Gasteiger partial charge is 0.303 e. The molecule has 0 aliphatic heterocycles. The Morgan fingerprint density at radius 3 is 2.41 bits per heavy atom. The molecule has 0 aliphatic carbocycles. The van der Waals surface area contributed by atoms with Crippen molar-refractivity contribution in [1.29, 1.82) is 0 Å². The van der Waals surface area contributed by atoms with Crippen molar-refractivity contribution in [3.8, 4) is 0 Å². The molecule has 0 aromatic heterocycles. The average molecular weight is 301 g/mol. The Labute approximate surface area is 111 Å². The van der Waals surface area contributed by atoms with Gasteiger partial charge in [0.2, 0.25) is 0 Å². The third-order valence-electron chi connectivity index (χ3n) is 2.68. The summed E-state index contributed by atoms with van der Waals surface area (Å²) in [4.78, 5) is 10.5. The minimum Gasteiger partial charge on any atom is -0.481 e. The molecule has 1 N–H and O–H groups in total. The standard InChI is InChI=1S/C13H18BrNO2/c1-15(2,9-3-4-13(16)17)10-11-5-7-12(14)8-6-11/h5-8H,3-4,9-10H2,1-2H3/p+1. The molecule has 3 nitrogen and oxygen atoms in total. The molecule has 0 unspecified atom stereocenters. The lowest BCUT2D eigenvalue weighted by Gasteiger charge is -2.29. The van der Waals surface area contributed by atoms with Crippen LogP contribution in [0.3, 0.4) is 0 Å². The summed E-state index contributed by atoms with van der Waals surface area (Å²) in [5.74, 6) is -0.714. The van der Waals surface area contributed by atoms with Crippen LogP contribution in [-0.2, 0) is 11.3 Å². The van der Waals surface area contributed by atoms with Gasteiger partial charge in [-0.1, -0.05) is 28.1 Å². The summed E-state index contributed by atoms with van der Waals surface area (Å²) in [6.45, 7) is 1.80. The van der Waals surface area contributed by atoms with Crippen LogP contribution in [0.25, 0.3) is 0 Å². The third-order valence-corrected chi connectivity index (χ3v) is 3.21. The van der Waals surface area contributed by atoms with Gasteiger partial charge in [0, 0.05) is 16.5 Å². The van der Waals surface area contributed by atoms with E-state index in [0.717, 1.165) is 28.5 Å². The highest BCUT2D eigenvalue weighted by atomic mass is 79.9. The molecule has 1 aromatic carbocycles. The number of nitrogens with zero attached hydrogens (tertiary/aromatic N) is 1. The summed E-state index contributed by atoms with van der Waals surface area (Å²) in [7, 11) is 4.26. The Morgan fingerprint density at radius 2 is 1.88 bits per heavy atom. The van der Waals surface area contributed by atoms with Crippen LogP contribution >= 0.6 is 15.9 Å². The molecule has 0 radical (unpaired) electrons. The molecule has 94 valence electrons. The van der Waals surface area contributed by atoms with Crippen molar-refractivity contribution in [3.63, 3.8) is 0 Å². The van der Waals surface area contributed by atoms with Crippen molar-refractivity contribution in [2.45, 2.75) is 19.4 Å². The topological polar surface area (TPSA) is 37.3 Å². The Bertz CT molecular complexity index is 374. The van der Waals surface area contributed by atoms with Gasteiger partial charge >= 0.3 is 5.97 Å². The molecule has 1 rings (SSSR count). The van der Waals surface area contributed by atoms with E-state index in [0.29, 0.717) is 0 Å². The highest BCUT2D eigenvalue weighted by Crippen LogP contribution is 2.14. The number of hydrogen-bond donors (Lipinski definition) is 1. The number of hydrogen-bond acceptors (Lipinski definition) is 1. The predicted octanol–water partition coefficient (Wildman–Crippen LogP) is 2.89. The fourth-order valence-electron chi connectivity index (χ4n) is 1.82. The molecule has 0 spiro atoms. The van der Waals surface area contributed by atoms with Gasteiger partial charge in [-0.2, -0.15) is 0 Å². The lowest BCUT2D eigenvalue weighted by atomic mass is 10.2. The summed E-state index contributed by atoms with van der Waals surface area (Å²) in [6, 6.07) is 8.27. The van der Waals surface area contributed by atoms with Crippen molar-refractivity contribution >= 4 is 21.9 Å². The number of carboxylic acids is 1. The van der Waals surface area contributed by atoms with Gasteiger partial charge < -0.3 is 9.59 Å². The Balaban J connectivity index is 2.48. The van der Waals surface area contributed by atoms with E-state index in [-0.39, 0.29) is 6.42 Å². The number of aliphatic carboxylic acids is 1. The summed E-state index contributed by atoms with van der Waals surface area (Å²) in [6.07, 6.45) is 0.973. The van der Waals surface area contributed by atoms with E-state index >= 15 is 0 Å². The van der Waals surface area contributed by atoms with Crippen LogP contribution in [0, 0.1) is 0 Å². The maximum absolute atomic E-state index is 10.5. The first kappa shape index (κ1) is 14.2. The van der Waals surface area contributed by atoms with Gasteiger partial charge in [-0.05, 0) is 12.1 Å². The zero-order chi connectivity index (χ0) is 12.9. The predicted molar refractivity (Wildman–Crippen MR) is 71.7 cm³/mol. The van der Waals surface area contributed by atoms with E-state index in [4.69, 9.17) is 5.11 Å². The van der Waals surface area contributed by atoms with Crippen LogP contribution in [0.2, 0.25) is 0 Å². The molecular formula is C13H19BrNO2+. The van der Waals surface area contributed by atoms with Crippen molar-refractivity contribution in [2.75, 3.05) is 20.6 Å². The van der Waals surface area contributed by atoms with E-state index in [9.17, 15) is 4.79 Å². The van der Waals surface area contributed by atoms with Crippen LogP contribution < -0.4 is 0 Å². The highest BCUT2D eigenvalue weighted by Gasteiger charge is 2.16. The summed E-state index contributed by atoms with van der Waals surface area (Å²) >= 11 is 3.41. The molecule has 1 aromatic rings. The number of carbonyl (C=O) groups is 1. The van der Waals surface area contributed by atoms with Crippen LogP contribution in [0.4, 0.5) is 0 Å². The Hall–Kier alpha value is -0.870. The highest BCUT2D eigenvalue weighted by molar-refractivity contribution is 9.10. The summed E-state index contributed by atoms with van der Waals surface area (Å²) in [5.41, 5.74) is 1.27. The first-order chi connectivity index (χ1) is 7.89. The summed E-state index contributed by atoms with van der Waals surface area (Å²) < 4.78 is 1.90. The quantitative estimate of drug-likeness (QED) is 0.820. The number of carboxylic acid groups (broad SMARTS) is 1. The van der Waals surface area contributed by atoms with Crippen molar-refractivity contribution in [2.24, 2.45) is 0 Å². The Morgan fingerprint density at radius 1 is 1.29 bits per heavy atom. The zero-order valence-electron chi connectivity index (χ0n) is 10.3. The van der Waals surface area contributed by atoms with Gasteiger partial charge in [-0.3, -0.25) is 4.79 Å². The molecule has 0 heterocycles. The van der Waals surface area contributed by atoms with Crippen molar-refractivity contribution < 1.29 is 14.4 Å². The fraction of sp³-hybridized carbons (Fsp3) is 0.462. The zero-order valence-corrected chi connectivity index (χ0v) is 11.9.